The van der Waals surface area contributed by atoms with E-state index in [1.807, 2.05) is 0 Å². The van der Waals surface area contributed by atoms with Gasteiger partial charge < -0.3 is 10.3 Å². The minimum absolute atomic E-state index is 0. The largest absolute Gasteiger partial charge is 1.00 e. The van der Waals surface area contributed by atoms with Gasteiger partial charge in [0.05, 0.1) is 19.4 Å². The average Bonchev–Trinajstić information content (AvgIpc) is 2.67. The summed E-state index contributed by atoms with van der Waals surface area (Å²) in [7, 11) is -4.82. The molecule has 0 aromatic heterocycles. The molecule has 0 aliphatic carbocycles. The van der Waals surface area contributed by atoms with Gasteiger partial charge in [-0.15, -0.1) is 0 Å². The summed E-state index contributed by atoms with van der Waals surface area (Å²) in [4.78, 5) is 22.4. The first kappa shape index (κ1) is 32.8. The van der Waals surface area contributed by atoms with Crippen LogP contribution in [0.2, 0.25) is 0 Å². The van der Waals surface area contributed by atoms with Crippen molar-refractivity contribution >= 4 is 22.3 Å². The summed E-state index contributed by atoms with van der Waals surface area (Å²) >= 11 is 0. The molecule has 0 bridgehead atoms. The molecule has 0 aliphatic rings. The molecule has 0 saturated carbocycles. The van der Waals surface area contributed by atoms with Crippen LogP contribution in [0.3, 0.4) is 0 Å². The number of carbonyl (C=O) groups is 2. The molecule has 0 aliphatic heterocycles. The summed E-state index contributed by atoms with van der Waals surface area (Å²) in [5.74, 6) is -1.78. The minimum Gasteiger partial charge on any atom is -1.00 e. The van der Waals surface area contributed by atoms with Crippen molar-refractivity contribution in [3.05, 3.63) is 12.2 Å². The minimum atomic E-state index is -4.82. The van der Waals surface area contributed by atoms with E-state index in [0.717, 1.165) is 25.7 Å². The summed E-state index contributed by atoms with van der Waals surface area (Å²) in [6.45, 7) is 2.53. The van der Waals surface area contributed by atoms with Gasteiger partial charge in [-0.2, -0.15) is 8.42 Å². The van der Waals surface area contributed by atoms with Crippen molar-refractivity contribution in [2.75, 3.05) is 6.61 Å². The maximum absolute atomic E-state index is 11.4. The van der Waals surface area contributed by atoms with Gasteiger partial charge in [0, 0.05) is 0 Å². The van der Waals surface area contributed by atoms with Crippen LogP contribution >= 0.6 is 0 Å². The van der Waals surface area contributed by atoms with Gasteiger partial charge in [0.1, 0.15) is 0 Å². The number of hydrogen-bond donors (Lipinski definition) is 1. The van der Waals surface area contributed by atoms with E-state index in [1.165, 1.54) is 64.2 Å². The van der Waals surface area contributed by atoms with Crippen molar-refractivity contribution in [2.45, 2.75) is 110 Å². The standard InChI is InChI=1S/C22H40O7S.Na.H/c1-2-3-4-5-6-7-8-9-10-11-12-13-14-15-16-17-20-28-21(23)18-19-22(24)29-30(25,26)27;;/h9-10H,2-8,11-20H2,1H3,(H,25,26,27);;/q;+1;-1/b10-9-;;. The number of esters is 1. The fourth-order valence-corrected chi connectivity index (χ4v) is 3.29. The normalized spacial score (nSPS) is 11.3. The molecule has 0 heterocycles. The molecule has 0 spiro atoms. The Balaban J connectivity index is -0.00000420. The number of carbonyl (C=O) groups excluding carboxylic acids is 2. The summed E-state index contributed by atoms with van der Waals surface area (Å²) < 4.78 is 37.7. The van der Waals surface area contributed by atoms with Crippen LogP contribution in [0.1, 0.15) is 111 Å². The molecule has 0 rings (SSSR count). The fraction of sp³-hybridized carbons (Fsp3) is 0.818. The summed E-state index contributed by atoms with van der Waals surface area (Å²) in [6.07, 6.45) is 20.7. The molecule has 0 amide bonds. The van der Waals surface area contributed by atoms with Gasteiger partial charge in [-0.3, -0.25) is 14.1 Å². The maximum Gasteiger partial charge on any atom is 1.00 e. The topological polar surface area (TPSA) is 107 Å². The average molecular weight is 473 g/mol. The van der Waals surface area contributed by atoms with E-state index in [9.17, 15) is 18.0 Å². The van der Waals surface area contributed by atoms with Crippen molar-refractivity contribution < 1.29 is 62.5 Å². The van der Waals surface area contributed by atoms with E-state index in [4.69, 9.17) is 9.29 Å². The third-order valence-corrected chi connectivity index (χ3v) is 5.05. The van der Waals surface area contributed by atoms with Crippen molar-refractivity contribution in [3.63, 3.8) is 0 Å². The molecule has 1 N–H and O–H groups in total. The van der Waals surface area contributed by atoms with Gasteiger partial charge in [-0.25, -0.2) is 0 Å². The predicted molar refractivity (Wildman–Crippen MR) is 118 cm³/mol. The Labute approximate surface area is 212 Å². The van der Waals surface area contributed by atoms with Crippen LogP contribution in [0.5, 0.6) is 0 Å². The zero-order chi connectivity index (χ0) is 22.5. The van der Waals surface area contributed by atoms with Crippen LogP contribution in [0, 0.1) is 0 Å². The fourth-order valence-electron chi connectivity index (χ4n) is 2.97. The number of hydrogen-bond acceptors (Lipinski definition) is 6. The van der Waals surface area contributed by atoms with Gasteiger partial charge in [0.15, 0.2) is 0 Å². The Bertz CT molecular complexity index is 583. The first-order valence-corrected chi connectivity index (χ1v) is 12.7. The molecule has 0 saturated heterocycles. The third-order valence-electron chi connectivity index (χ3n) is 4.65. The Hall–Kier alpha value is -0.410. The zero-order valence-electron chi connectivity index (χ0n) is 20.5. The van der Waals surface area contributed by atoms with Crippen molar-refractivity contribution in [2.24, 2.45) is 0 Å². The van der Waals surface area contributed by atoms with Crippen LogP contribution in [0.4, 0.5) is 0 Å². The predicted octanol–water partition coefficient (Wildman–Crippen LogP) is 2.81. The Kier molecular flexibility index (Phi) is 24.1. The molecule has 9 heteroatoms. The second kappa shape index (κ2) is 22.8. The molecule has 0 aromatic carbocycles. The first-order chi connectivity index (χ1) is 14.3. The van der Waals surface area contributed by atoms with Crippen LogP contribution < -0.4 is 29.6 Å². The molecule has 0 atom stereocenters. The Morgan fingerprint density at radius 1 is 0.774 bits per heavy atom. The molecule has 0 radical (unpaired) electrons. The van der Waals surface area contributed by atoms with Gasteiger partial charge in [-0.1, -0.05) is 76.9 Å². The van der Waals surface area contributed by atoms with Gasteiger partial charge >= 0.3 is 51.9 Å². The molecule has 178 valence electrons. The number of allylic oxidation sites excluding steroid dienone is 2. The van der Waals surface area contributed by atoms with E-state index >= 15 is 0 Å². The number of ether oxygens (including phenoxy) is 1. The van der Waals surface area contributed by atoms with E-state index < -0.39 is 28.8 Å². The molecule has 0 unspecified atom stereocenters. The summed E-state index contributed by atoms with van der Waals surface area (Å²) in [5, 5.41) is 0. The SMILES string of the molecule is CCCCCCCC/C=C\CCCCCCCCOC(=O)CCC(=O)OS(=O)(=O)O.[H-].[Na+]. The monoisotopic (exact) mass is 472 g/mol. The van der Waals surface area contributed by atoms with Crippen LogP contribution in [0.15, 0.2) is 12.2 Å². The van der Waals surface area contributed by atoms with E-state index in [2.05, 4.69) is 23.3 Å². The molecule has 0 fully saturated rings. The second-order valence-corrected chi connectivity index (χ2v) is 8.56. The molecule has 0 aromatic rings. The number of unbranched alkanes of at least 4 members (excludes halogenated alkanes) is 12. The van der Waals surface area contributed by atoms with Crippen LogP contribution in [-0.2, 0) is 28.9 Å². The third kappa shape index (κ3) is 27.6. The molecule has 7 nitrogen and oxygen atoms in total. The molecular weight excluding hydrogens is 431 g/mol. The van der Waals surface area contributed by atoms with Crippen molar-refractivity contribution in [1.29, 1.82) is 0 Å². The van der Waals surface area contributed by atoms with E-state index in [1.54, 1.807) is 0 Å². The van der Waals surface area contributed by atoms with Crippen LogP contribution in [0.25, 0.3) is 0 Å². The van der Waals surface area contributed by atoms with E-state index in [-0.39, 0.29) is 44.0 Å². The Morgan fingerprint density at radius 2 is 1.23 bits per heavy atom. The zero-order valence-corrected chi connectivity index (χ0v) is 22.3. The quantitative estimate of drug-likeness (QED) is 0.0954. The number of rotatable bonds is 20. The van der Waals surface area contributed by atoms with Gasteiger partial charge in [0.2, 0.25) is 0 Å². The maximum atomic E-state index is 11.4. The molecular formula is C22H41NaO7S. The van der Waals surface area contributed by atoms with Crippen LogP contribution in [-0.4, -0.2) is 31.5 Å². The van der Waals surface area contributed by atoms with Crippen molar-refractivity contribution in [1.82, 2.24) is 0 Å². The smallest absolute Gasteiger partial charge is 1.00 e. The summed E-state index contributed by atoms with van der Waals surface area (Å²) in [6, 6.07) is 0. The summed E-state index contributed by atoms with van der Waals surface area (Å²) in [5.41, 5.74) is 0. The van der Waals surface area contributed by atoms with Gasteiger partial charge in [0.25, 0.3) is 0 Å². The van der Waals surface area contributed by atoms with Crippen molar-refractivity contribution in [3.8, 4) is 0 Å². The molecule has 31 heavy (non-hydrogen) atoms. The van der Waals surface area contributed by atoms with E-state index in [0.29, 0.717) is 0 Å². The Morgan fingerprint density at radius 3 is 1.74 bits per heavy atom. The first-order valence-electron chi connectivity index (χ1n) is 11.4. The van der Waals surface area contributed by atoms with Gasteiger partial charge in [-0.05, 0) is 32.1 Å². The second-order valence-electron chi connectivity index (χ2n) is 7.54.